The Hall–Kier alpha value is -2.54. The first-order valence-electron chi connectivity index (χ1n) is 9.35. The average Bonchev–Trinajstić information content (AvgIpc) is 3.39. The van der Waals surface area contributed by atoms with E-state index >= 15 is 0 Å². The van der Waals surface area contributed by atoms with E-state index in [2.05, 4.69) is 50.1 Å². The van der Waals surface area contributed by atoms with Gasteiger partial charge in [0.05, 0.1) is 4.88 Å². The minimum Gasteiger partial charge on any atom is -0.369 e. The number of guanidine groups is 1. The molecule has 27 heavy (non-hydrogen) atoms. The molecule has 3 rings (SSSR count). The van der Waals surface area contributed by atoms with Gasteiger partial charge in [0.25, 0.3) is 5.91 Å². The van der Waals surface area contributed by atoms with Crippen molar-refractivity contribution in [3.63, 3.8) is 0 Å². The van der Waals surface area contributed by atoms with Crippen molar-refractivity contribution in [1.29, 1.82) is 0 Å². The summed E-state index contributed by atoms with van der Waals surface area (Å²) in [5, 5.41) is 11.7. The molecule has 2 heterocycles. The van der Waals surface area contributed by atoms with Crippen molar-refractivity contribution in [2.24, 2.45) is 4.99 Å². The van der Waals surface area contributed by atoms with Crippen LogP contribution in [0.1, 0.15) is 22.5 Å². The molecule has 0 saturated carbocycles. The molecule has 0 radical (unpaired) electrons. The second kappa shape index (κ2) is 9.97. The maximum absolute atomic E-state index is 11.9. The minimum atomic E-state index is -0.000494. The third kappa shape index (κ3) is 5.72. The molecule has 0 bridgehead atoms. The van der Waals surface area contributed by atoms with E-state index in [9.17, 15) is 4.79 Å². The quantitative estimate of drug-likeness (QED) is 0.389. The van der Waals surface area contributed by atoms with E-state index in [1.807, 2.05) is 23.6 Å². The first kappa shape index (κ1) is 19.2. The van der Waals surface area contributed by atoms with Crippen molar-refractivity contribution >= 4 is 28.9 Å². The molecule has 1 aromatic heterocycles. The highest BCUT2D eigenvalue weighted by Crippen LogP contribution is 2.19. The van der Waals surface area contributed by atoms with E-state index in [1.54, 1.807) is 7.05 Å². The molecule has 1 fully saturated rings. The number of anilines is 1. The lowest BCUT2D eigenvalue weighted by Gasteiger charge is -2.20. The van der Waals surface area contributed by atoms with Gasteiger partial charge in [-0.1, -0.05) is 24.3 Å². The topological polar surface area (TPSA) is 68.8 Å². The fraction of sp³-hybridized carbons (Fsp3) is 0.400. The number of hydrogen-bond donors (Lipinski definition) is 3. The number of carbonyl (C=O) groups is 1. The number of nitrogens with one attached hydrogen (secondary N) is 3. The summed E-state index contributed by atoms with van der Waals surface area (Å²) >= 11 is 1.46. The average molecular weight is 386 g/mol. The van der Waals surface area contributed by atoms with Crippen molar-refractivity contribution < 1.29 is 4.79 Å². The smallest absolute Gasteiger partial charge is 0.261 e. The zero-order chi connectivity index (χ0) is 18.9. The predicted octanol–water partition coefficient (Wildman–Crippen LogP) is 2.31. The zero-order valence-corrected chi connectivity index (χ0v) is 16.5. The van der Waals surface area contributed by atoms with Gasteiger partial charge in [-0.2, -0.15) is 0 Å². The Balaban J connectivity index is 1.33. The van der Waals surface area contributed by atoms with Gasteiger partial charge in [-0.25, -0.2) is 0 Å². The summed E-state index contributed by atoms with van der Waals surface area (Å²) in [5.74, 6) is 0.818. The van der Waals surface area contributed by atoms with E-state index in [0.29, 0.717) is 12.6 Å². The molecule has 6 nitrogen and oxygen atoms in total. The van der Waals surface area contributed by atoms with Crippen LogP contribution in [-0.2, 0) is 0 Å². The Morgan fingerprint density at radius 1 is 1.19 bits per heavy atom. The van der Waals surface area contributed by atoms with E-state index < -0.39 is 0 Å². The highest BCUT2D eigenvalue weighted by atomic mass is 32.1. The standard InChI is InChI=1S/C20H27N5OS/c1-21-20(23-12-6-11-22-19(26)18-9-5-14-27-18)24-16-10-13-25(15-16)17-7-3-2-4-8-17/h2-5,7-9,14,16H,6,10-13,15H2,1H3,(H,22,26)(H2,21,23,24). The van der Waals surface area contributed by atoms with Crippen LogP contribution < -0.4 is 20.9 Å². The summed E-state index contributed by atoms with van der Waals surface area (Å²) in [6.45, 7) is 3.43. The molecule has 3 N–H and O–H groups in total. The summed E-state index contributed by atoms with van der Waals surface area (Å²) in [7, 11) is 1.79. The molecule has 1 aliphatic rings. The number of rotatable bonds is 7. The van der Waals surface area contributed by atoms with Crippen LogP contribution in [0.5, 0.6) is 0 Å². The number of aliphatic imine (C=N–C) groups is 1. The molecule has 1 atom stereocenters. The van der Waals surface area contributed by atoms with Crippen molar-refractivity contribution in [3.8, 4) is 0 Å². The summed E-state index contributed by atoms with van der Waals surface area (Å²) in [4.78, 5) is 19.3. The number of para-hydroxylation sites is 1. The summed E-state index contributed by atoms with van der Waals surface area (Å²) in [6.07, 6.45) is 1.94. The van der Waals surface area contributed by atoms with Crippen LogP contribution in [0, 0.1) is 0 Å². The molecule has 0 aliphatic carbocycles. The predicted molar refractivity (Wildman–Crippen MR) is 113 cm³/mol. The lowest BCUT2D eigenvalue weighted by molar-refractivity contribution is 0.0957. The lowest BCUT2D eigenvalue weighted by atomic mass is 10.2. The van der Waals surface area contributed by atoms with Crippen LogP contribution in [0.15, 0.2) is 52.8 Å². The second-order valence-electron chi connectivity index (χ2n) is 6.50. The number of thiophene rings is 1. The fourth-order valence-corrected chi connectivity index (χ4v) is 3.77. The number of nitrogens with zero attached hydrogens (tertiary/aromatic N) is 2. The van der Waals surface area contributed by atoms with Crippen LogP contribution in [-0.4, -0.2) is 51.1 Å². The Kier molecular flexibility index (Phi) is 7.10. The molecular formula is C20H27N5OS. The first-order chi connectivity index (χ1) is 13.3. The van der Waals surface area contributed by atoms with E-state index in [1.165, 1.54) is 17.0 Å². The maximum atomic E-state index is 11.9. The lowest BCUT2D eigenvalue weighted by Crippen LogP contribution is -2.45. The Labute approximate surface area is 164 Å². The SMILES string of the molecule is CN=C(NCCCNC(=O)c1cccs1)NC1CCN(c2ccccc2)C1. The molecule has 0 spiro atoms. The van der Waals surface area contributed by atoms with Gasteiger partial charge in [0.15, 0.2) is 5.96 Å². The molecule has 1 aromatic carbocycles. The monoisotopic (exact) mass is 385 g/mol. The summed E-state index contributed by atoms with van der Waals surface area (Å²) in [6, 6.07) is 14.6. The van der Waals surface area contributed by atoms with Crippen molar-refractivity contribution in [2.75, 3.05) is 38.1 Å². The molecule has 1 amide bonds. The van der Waals surface area contributed by atoms with Crippen LogP contribution in [0.4, 0.5) is 5.69 Å². The maximum Gasteiger partial charge on any atom is 0.261 e. The zero-order valence-electron chi connectivity index (χ0n) is 15.6. The second-order valence-corrected chi connectivity index (χ2v) is 7.44. The third-order valence-corrected chi connectivity index (χ3v) is 5.42. The first-order valence-corrected chi connectivity index (χ1v) is 10.2. The van der Waals surface area contributed by atoms with Crippen LogP contribution in [0.25, 0.3) is 0 Å². The van der Waals surface area contributed by atoms with Gasteiger partial charge in [0, 0.05) is 45.0 Å². The van der Waals surface area contributed by atoms with Crippen molar-refractivity contribution in [1.82, 2.24) is 16.0 Å². The molecule has 1 saturated heterocycles. The van der Waals surface area contributed by atoms with E-state index in [4.69, 9.17) is 0 Å². The van der Waals surface area contributed by atoms with Crippen molar-refractivity contribution in [2.45, 2.75) is 18.9 Å². The molecule has 144 valence electrons. The molecule has 1 aliphatic heterocycles. The number of benzene rings is 1. The van der Waals surface area contributed by atoms with Gasteiger partial charge in [0.1, 0.15) is 0 Å². The highest BCUT2D eigenvalue weighted by Gasteiger charge is 2.23. The molecular weight excluding hydrogens is 358 g/mol. The van der Waals surface area contributed by atoms with Crippen molar-refractivity contribution in [3.05, 3.63) is 52.7 Å². The van der Waals surface area contributed by atoms with Crippen LogP contribution >= 0.6 is 11.3 Å². The van der Waals surface area contributed by atoms with Crippen LogP contribution in [0.2, 0.25) is 0 Å². The highest BCUT2D eigenvalue weighted by molar-refractivity contribution is 7.12. The van der Waals surface area contributed by atoms with Gasteiger partial charge in [-0.3, -0.25) is 9.79 Å². The van der Waals surface area contributed by atoms with E-state index in [-0.39, 0.29) is 5.91 Å². The Bertz CT molecular complexity index is 732. The number of hydrogen-bond acceptors (Lipinski definition) is 4. The summed E-state index contributed by atoms with van der Waals surface area (Å²) < 4.78 is 0. The Morgan fingerprint density at radius 2 is 2.00 bits per heavy atom. The van der Waals surface area contributed by atoms with Gasteiger partial charge >= 0.3 is 0 Å². The Morgan fingerprint density at radius 3 is 2.74 bits per heavy atom. The van der Waals surface area contributed by atoms with Gasteiger partial charge in [-0.15, -0.1) is 11.3 Å². The van der Waals surface area contributed by atoms with Gasteiger partial charge in [-0.05, 0) is 36.4 Å². The molecule has 7 heteroatoms. The fourth-order valence-electron chi connectivity index (χ4n) is 3.13. The normalized spacial score (nSPS) is 17.0. The molecule has 2 aromatic rings. The largest absolute Gasteiger partial charge is 0.369 e. The van der Waals surface area contributed by atoms with Crippen LogP contribution in [0.3, 0.4) is 0 Å². The van der Waals surface area contributed by atoms with E-state index in [0.717, 1.165) is 43.3 Å². The number of carbonyl (C=O) groups excluding carboxylic acids is 1. The van der Waals surface area contributed by atoms with Gasteiger partial charge in [0.2, 0.25) is 0 Å². The third-order valence-electron chi connectivity index (χ3n) is 4.55. The number of amides is 1. The van der Waals surface area contributed by atoms with Gasteiger partial charge < -0.3 is 20.9 Å². The summed E-state index contributed by atoms with van der Waals surface area (Å²) in [5.41, 5.74) is 1.27. The molecule has 1 unspecified atom stereocenters. The minimum absolute atomic E-state index is 0.000494.